The summed E-state index contributed by atoms with van der Waals surface area (Å²) in [4.78, 5) is 9.81. The van der Waals surface area contributed by atoms with Crippen LogP contribution in [0.25, 0.3) is 10.7 Å². The number of thiophene rings is 1. The molecule has 2 N–H and O–H groups in total. The van der Waals surface area contributed by atoms with E-state index in [1.807, 2.05) is 12.1 Å². The molecule has 0 aliphatic heterocycles. The van der Waals surface area contributed by atoms with E-state index in [1.165, 1.54) is 0 Å². The minimum atomic E-state index is 0.339. The highest BCUT2D eigenvalue weighted by Crippen LogP contribution is 2.37. The highest BCUT2D eigenvalue weighted by molar-refractivity contribution is 9.13. The first-order valence-electron chi connectivity index (χ1n) is 5.07. The lowest BCUT2D eigenvalue weighted by molar-refractivity contribution is 0.819. The monoisotopic (exact) mass is 375 g/mol. The molecule has 0 spiro atoms. The van der Waals surface area contributed by atoms with E-state index in [2.05, 4.69) is 55.7 Å². The lowest BCUT2D eigenvalue weighted by Gasteiger charge is -2.06. The standard InChI is InChI=1S/C11H11Br2N3S/c1-5(2)7-4-9(14)16-11(15-7)8-3-6(12)10(13)17-8/h3-5H,1-2H3,(H2,14,15,16). The number of aromatic nitrogens is 2. The van der Waals surface area contributed by atoms with Gasteiger partial charge in [0.05, 0.1) is 8.66 Å². The van der Waals surface area contributed by atoms with Gasteiger partial charge in [0.2, 0.25) is 0 Å². The molecule has 0 unspecified atom stereocenters. The third-order valence-electron chi connectivity index (χ3n) is 2.22. The van der Waals surface area contributed by atoms with E-state index < -0.39 is 0 Å². The zero-order valence-corrected chi connectivity index (χ0v) is 13.4. The molecular weight excluding hydrogens is 366 g/mol. The zero-order chi connectivity index (χ0) is 12.6. The van der Waals surface area contributed by atoms with E-state index in [9.17, 15) is 0 Å². The van der Waals surface area contributed by atoms with Crippen molar-refractivity contribution in [3.63, 3.8) is 0 Å². The Morgan fingerprint density at radius 2 is 1.94 bits per heavy atom. The van der Waals surface area contributed by atoms with Gasteiger partial charge in [0, 0.05) is 16.2 Å². The Labute approximate surface area is 121 Å². The second-order valence-corrected chi connectivity index (χ2v) is 7.15. The number of nitrogen functional groups attached to an aromatic ring is 1. The minimum Gasteiger partial charge on any atom is -0.384 e. The fourth-order valence-corrected chi connectivity index (χ4v) is 3.32. The van der Waals surface area contributed by atoms with Gasteiger partial charge in [0.1, 0.15) is 5.82 Å². The Morgan fingerprint density at radius 1 is 1.24 bits per heavy atom. The average molecular weight is 377 g/mol. The molecule has 0 atom stereocenters. The molecule has 0 aliphatic carbocycles. The Balaban J connectivity index is 2.51. The molecule has 0 saturated heterocycles. The zero-order valence-electron chi connectivity index (χ0n) is 9.37. The fourth-order valence-electron chi connectivity index (χ4n) is 1.35. The van der Waals surface area contributed by atoms with Crippen molar-refractivity contribution in [1.82, 2.24) is 9.97 Å². The molecule has 2 aromatic heterocycles. The Kier molecular flexibility index (Phi) is 3.85. The molecule has 3 nitrogen and oxygen atoms in total. The molecule has 2 rings (SSSR count). The van der Waals surface area contributed by atoms with Crippen molar-refractivity contribution >= 4 is 49.0 Å². The Morgan fingerprint density at radius 3 is 2.47 bits per heavy atom. The highest BCUT2D eigenvalue weighted by Gasteiger charge is 2.12. The quantitative estimate of drug-likeness (QED) is 0.842. The van der Waals surface area contributed by atoms with Crippen LogP contribution < -0.4 is 5.73 Å². The van der Waals surface area contributed by atoms with Gasteiger partial charge in [-0.3, -0.25) is 0 Å². The predicted octanol–water partition coefficient (Wildman–Crippen LogP) is 4.44. The van der Waals surface area contributed by atoms with Crippen molar-refractivity contribution in [2.24, 2.45) is 0 Å². The highest BCUT2D eigenvalue weighted by atomic mass is 79.9. The van der Waals surface area contributed by atoms with Crippen LogP contribution in [0.2, 0.25) is 0 Å². The summed E-state index contributed by atoms with van der Waals surface area (Å²) in [6, 6.07) is 3.82. The Bertz CT molecular complexity index is 532. The number of halogens is 2. The first kappa shape index (κ1) is 13.0. The van der Waals surface area contributed by atoms with Crippen LogP contribution in [-0.4, -0.2) is 9.97 Å². The molecule has 2 aromatic rings. The van der Waals surface area contributed by atoms with Crippen LogP contribution in [0.4, 0.5) is 5.82 Å². The second kappa shape index (κ2) is 5.04. The molecule has 2 heterocycles. The number of anilines is 1. The summed E-state index contributed by atoms with van der Waals surface area (Å²) >= 11 is 8.51. The topological polar surface area (TPSA) is 51.8 Å². The molecule has 0 aliphatic rings. The number of hydrogen-bond donors (Lipinski definition) is 1. The summed E-state index contributed by atoms with van der Waals surface area (Å²) in [6.07, 6.45) is 0. The van der Waals surface area contributed by atoms with Crippen molar-refractivity contribution in [1.29, 1.82) is 0 Å². The summed E-state index contributed by atoms with van der Waals surface area (Å²) in [5.74, 6) is 1.54. The number of nitrogens with zero attached hydrogens (tertiary/aromatic N) is 2. The average Bonchev–Trinajstić information content (AvgIpc) is 2.58. The van der Waals surface area contributed by atoms with Crippen LogP contribution in [0.3, 0.4) is 0 Å². The lowest BCUT2D eigenvalue weighted by atomic mass is 10.1. The van der Waals surface area contributed by atoms with Crippen LogP contribution in [0.1, 0.15) is 25.5 Å². The lowest BCUT2D eigenvalue weighted by Crippen LogP contribution is -2.00. The molecule has 17 heavy (non-hydrogen) atoms. The van der Waals surface area contributed by atoms with Crippen molar-refractivity contribution in [3.05, 3.63) is 26.1 Å². The van der Waals surface area contributed by atoms with Crippen LogP contribution in [0.5, 0.6) is 0 Å². The van der Waals surface area contributed by atoms with E-state index in [0.717, 1.165) is 18.8 Å². The van der Waals surface area contributed by atoms with Gasteiger partial charge in [-0.15, -0.1) is 11.3 Å². The number of hydrogen-bond acceptors (Lipinski definition) is 4. The maximum atomic E-state index is 5.81. The molecule has 0 bridgehead atoms. The SMILES string of the molecule is CC(C)c1cc(N)nc(-c2cc(Br)c(Br)s2)n1. The van der Waals surface area contributed by atoms with Gasteiger partial charge in [0.25, 0.3) is 0 Å². The van der Waals surface area contributed by atoms with Crippen molar-refractivity contribution in [2.75, 3.05) is 5.73 Å². The molecular formula is C11H11Br2N3S. The van der Waals surface area contributed by atoms with Gasteiger partial charge >= 0.3 is 0 Å². The van der Waals surface area contributed by atoms with E-state index in [0.29, 0.717) is 17.6 Å². The first-order valence-corrected chi connectivity index (χ1v) is 7.47. The summed E-state index contributed by atoms with van der Waals surface area (Å²) in [6.45, 7) is 4.18. The Hall–Kier alpha value is -0.460. The largest absolute Gasteiger partial charge is 0.384 e. The normalized spacial score (nSPS) is 11.1. The first-order chi connectivity index (χ1) is 7.97. The van der Waals surface area contributed by atoms with Crippen LogP contribution in [0, 0.1) is 0 Å². The molecule has 0 aromatic carbocycles. The molecule has 90 valence electrons. The minimum absolute atomic E-state index is 0.339. The fraction of sp³-hybridized carbons (Fsp3) is 0.273. The predicted molar refractivity (Wildman–Crippen MR) is 79.2 cm³/mol. The molecule has 0 saturated carbocycles. The van der Waals surface area contributed by atoms with Gasteiger partial charge in [-0.25, -0.2) is 9.97 Å². The van der Waals surface area contributed by atoms with E-state index >= 15 is 0 Å². The third kappa shape index (κ3) is 2.86. The molecule has 6 heteroatoms. The van der Waals surface area contributed by atoms with Crippen molar-refractivity contribution in [2.45, 2.75) is 19.8 Å². The van der Waals surface area contributed by atoms with Crippen LogP contribution in [-0.2, 0) is 0 Å². The smallest absolute Gasteiger partial charge is 0.171 e. The number of nitrogens with two attached hydrogens (primary N) is 1. The van der Waals surface area contributed by atoms with E-state index in [1.54, 1.807) is 11.3 Å². The summed E-state index contributed by atoms with van der Waals surface area (Å²) in [5, 5.41) is 0. The summed E-state index contributed by atoms with van der Waals surface area (Å²) < 4.78 is 2.04. The van der Waals surface area contributed by atoms with Crippen molar-refractivity contribution < 1.29 is 0 Å². The molecule has 0 amide bonds. The van der Waals surface area contributed by atoms with Gasteiger partial charge in [0.15, 0.2) is 5.82 Å². The summed E-state index contributed by atoms with van der Waals surface area (Å²) in [7, 11) is 0. The van der Waals surface area contributed by atoms with Crippen LogP contribution >= 0.6 is 43.2 Å². The van der Waals surface area contributed by atoms with Gasteiger partial charge in [-0.2, -0.15) is 0 Å². The van der Waals surface area contributed by atoms with Gasteiger partial charge in [-0.1, -0.05) is 13.8 Å². The maximum absolute atomic E-state index is 5.81. The molecule has 0 radical (unpaired) electrons. The maximum Gasteiger partial charge on any atom is 0.171 e. The van der Waals surface area contributed by atoms with Crippen LogP contribution in [0.15, 0.2) is 20.4 Å². The number of rotatable bonds is 2. The van der Waals surface area contributed by atoms with Gasteiger partial charge in [-0.05, 0) is 43.8 Å². The second-order valence-electron chi connectivity index (χ2n) is 3.93. The van der Waals surface area contributed by atoms with E-state index in [-0.39, 0.29) is 0 Å². The van der Waals surface area contributed by atoms with Crippen molar-refractivity contribution in [3.8, 4) is 10.7 Å². The third-order valence-corrected chi connectivity index (χ3v) is 5.48. The molecule has 0 fully saturated rings. The summed E-state index contributed by atoms with van der Waals surface area (Å²) in [5.41, 5.74) is 6.78. The van der Waals surface area contributed by atoms with Gasteiger partial charge < -0.3 is 5.73 Å². The van der Waals surface area contributed by atoms with E-state index in [4.69, 9.17) is 5.73 Å².